The number of ether oxygens (including phenoxy) is 1. The Morgan fingerprint density at radius 2 is 1.97 bits per heavy atom. The van der Waals surface area contributed by atoms with Crippen LogP contribution in [0, 0.1) is 0 Å². The molecule has 0 saturated carbocycles. The smallest absolute Gasteiger partial charge is 0.254 e. The molecule has 8 nitrogen and oxygen atoms in total. The van der Waals surface area contributed by atoms with Gasteiger partial charge in [0.25, 0.3) is 5.91 Å². The summed E-state index contributed by atoms with van der Waals surface area (Å²) in [4.78, 5) is 32.5. The number of amides is 2. The van der Waals surface area contributed by atoms with E-state index in [2.05, 4.69) is 15.5 Å². The van der Waals surface area contributed by atoms with Crippen molar-refractivity contribution in [2.24, 2.45) is 4.99 Å². The van der Waals surface area contributed by atoms with Crippen molar-refractivity contribution in [3.63, 3.8) is 0 Å². The Morgan fingerprint density at radius 3 is 2.66 bits per heavy atom. The first-order chi connectivity index (χ1) is 15.5. The van der Waals surface area contributed by atoms with E-state index in [0.29, 0.717) is 31.7 Å². The van der Waals surface area contributed by atoms with Crippen molar-refractivity contribution in [2.45, 2.75) is 20.0 Å². The number of para-hydroxylation sites is 1. The minimum absolute atomic E-state index is 0.107. The van der Waals surface area contributed by atoms with Crippen molar-refractivity contribution < 1.29 is 14.3 Å². The minimum Gasteiger partial charge on any atom is -0.496 e. The van der Waals surface area contributed by atoms with E-state index >= 15 is 0 Å². The summed E-state index contributed by atoms with van der Waals surface area (Å²) in [6.45, 7) is 5.06. The molecule has 0 unspecified atom stereocenters. The molecule has 2 N–H and O–H groups in total. The molecule has 1 heterocycles. The van der Waals surface area contributed by atoms with Crippen LogP contribution in [0.25, 0.3) is 0 Å². The summed E-state index contributed by atoms with van der Waals surface area (Å²) in [5.41, 5.74) is 2.66. The number of nitrogens with zero attached hydrogens (tertiary/aromatic N) is 3. The zero-order valence-corrected chi connectivity index (χ0v) is 18.9. The zero-order valence-electron chi connectivity index (χ0n) is 18.9. The molecule has 0 atom stereocenters. The molecule has 32 heavy (non-hydrogen) atoms. The molecule has 0 radical (unpaired) electrons. The van der Waals surface area contributed by atoms with Crippen LogP contribution in [0.3, 0.4) is 0 Å². The molecule has 1 saturated heterocycles. The fourth-order valence-electron chi connectivity index (χ4n) is 3.55. The second kappa shape index (κ2) is 11.2. The average molecular weight is 438 g/mol. The van der Waals surface area contributed by atoms with Crippen molar-refractivity contribution in [3.05, 3.63) is 65.2 Å². The van der Waals surface area contributed by atoms with E-state index in [4.69, 9.17) is 9.73 Å². The molecule has 1 fully saturated rings. The highest BCUT2D eigenvalue weighted by molar-refractivity contribution is 5.97. The zero-order chi connectivity index (χ0) is 22.9. The summed E-state index contributed by atoms with van der Waals surface area (Å²) in [6.07, 6.45) is 0. The van der Waals surface area contributed by atoms with E-state index in [-0.39, 0.29) is 18.4 Å². The molecular formula is C24H31N5O3. The van der Waals surface area contributed by atoms with Crippen molar-refractivity contribution in [1.29, 1.82) is 0 Å². The molecule has 0 aliphatic carbocycles. The van der Waals surface area contributed by atoms with Gasteiger partial charge in [0.1, 0.15) is 5.75 Å². The van der Waals surface area contributed by atoms with E-state index in [0.717, 1.165) is 29.4 Å². The van der Waals surface area contributed by atoms with Crippen LogP contribution in [0.4, 0.5) is 0 Å². The summed E-state index contributed by atoms with van der Waals surface area (Å²) in [5, 5.41) is 6.05. The number of carbonyl (C=O) groups is 2. The highest BCUT2D eigenvalue weighted by atomic mass is 16.5. The van der Waals surface area contributed by atoms with Crippen LogP contribution in [0.15, 0.2) is 53.5 Å². The third kappa shape index (κ3) is 6.00. The van der Waals surface area contributed by atoms with Gasteiger partial charge in [-0.25, -0.2) is 4.99 Å². The van der Waals surface area contributed by atoms with E-state index in [9.17, 15) is 9.59 Å². The quantitative estimate of drug-likeness (QED) is 0.510. The summed E-state index contributed by atoms with van der Waals surface area (Å²) >= 11 is 0. The van der Waals surface area contributed by atoms with Gasteiger partial charge in [-0.1, -0.05) is 30.3 Å². The number of hydrogen-bond donors (Lipinski definition) is 2. The topological polar surface area (TPSA) is 86.3 Å². The van der Waals surface area contributed by atoms with Crippen molar-refractivity contribution in [2.75, 3.05) is 40.3 Å². The SMILES string of the molecule is CCNC(=NCc1ccc(C(=O)N2CCNC(=O)C2)cc1)N(C)Cc1ccccc1OC. The van der Waals surface area contributed by atoms with Gasteiger partial charge in [0, 0.05) is 44.4 Å². The van der Waals surface area contributed by atoms with E-state index in [1.165, 1.54) is 0 Å². The molecule has 170 valence electrons. The Kier molecular flexibility index (Phi) is 8.08. The highest BCUT2D eigenvalue weighted by Gasteiger charge is 2.22. The lowest BCUT2D eigenvalue weighted by molar-refractivity contribution is -0.123. The summed E-state index contributed by atoms with van der Waals surface area (Å²) in [7, 11) is 3.66. The van der Waals surface area contributed by atoms with Gasteiger partial charge < -0.3 is 25.2 Å². The van der Waals surface area contributed by atoms with E-state index in [1.54, 1.807) is 24.1 Å². The van der Waals surface area contributed by atoms with Gasteiger partial charge in [-0.15, -0.1) is 0 Å². The van der Waals surface area contributed by atoms with Gasteiger partial charge in [0.05, 0.1) is 20.2 Å². The summed E-state index contributed by atoms with van der Waals surface area (Å²) < 4.78 is 5.46. The molecule has 3 rings (SSSR count). The predicted octanol–water partition coefficient (Wildman–Crippen LogP) is 1.86. The summed E-state index contributed by atoms with van der Waals surface area (Å²) in [5.74, 6) is 1.39. The van der Waals surface area contributed by atoms with Crippen molar-refractivity contribution in [1.82, 2.24) is 20.4 Å². The number of guanidine groups is 1. The van der Waals surface area contributed by atoms with Gasteiger partial charge in [-0.2, -0.15) is 0 Å². The highest BCUT2D eigenvalue weighted by Crippen LogP contribution is 2.19. The third-order valence-corrected chi connectivity index (χ3v) is 5.23. The molecule has 2 aromatic rings. The maximum atomic E-state index is 12.6. The van der Waals surface area contributed by atoms with Crippen LogP contribution in [0.5, 0.6) is 5.75 Å². The Hall–Kier alpha value is -3.55. The van der Waals surface area contributed by atoms with Crippen LogP contribution >= 0.6 is 0 Å². The second-order valence-corrected chi connectivity index (χ2v) is 7.61. The molecule has 8 heteroatoms. The van der Waals surface area contributed by atoms with Crippen LogP contribution in [0.1, 0.15) is 28.4 Å². The van der Waals surface area contributed by atoms with Crippen molar-refractivity contribution >= 4 is 17.8 Å². The van der Waals surface area contributed by atoms with Crippen LogP contribution in [-0.4, -0.2) is 67.9 Å². The first-order valence-electron chi connectivity index (χ1n) is 10.8. The number of rotatable bonds is 7. The number of nitrogens with one attached hydrogen (secondary N) is 2. The number of aliphatic imine (C=N–C) groups is 1. The number of methoxy groups -OCH3 is 1. The molecule has 1 aliphatic heterocycles. The number of piperazine rings is 1. The van der Waals surface area contributed by atoms with Gasteiger partial charge >= 0.3 is 0 Å². The normalized spacial score (nSPS) is 14.0. The van der Waals surface area contributed by atoms with Crippen molar-refractivity contribution in [3.8, 4) is 5.75 Å². The molecule has 1 aliphatic rings. The van der Waals surface area contributed by atoms with Gasteiger partial charge in [0.2, 0.25) is 5.91 Å². The van der Waals surface area contributed by atoms with E-state index < -0.39 is 0 Å². The lowest BCUT2D eigenvalue weighted by Crippen LogP contribution is -2.49. The number of hydrogen-bond acceptors (Lipinski definition) is 4. The fourth-order valence-corrected chi connectivity index (χ4v) is 3.55. The molecule has 0 bridgehead atoms. The molecular weight excluding hydrogens is 406 g/mol. The van der Waals surface area contributed by atoms with Crippen LogP contribution in [0.2, 0.25) is 0 Å². The monoisotopic (exact) mass is 437 g/mol. The molecule has 2 aromatic carbocycles. The van der Waals surface area contributed by atoms with Gasteiger partial charge in [-0.05, 0) is 30.7 Å². The third-order valence-electron chi connectivity index (χ3n) is 5.23. The first-order valence-corrected chi connectivity index (χ1v) is 10.8. The first kappa shape index (κ1) is 23.1. The summed E-state index contributed by atoms with van der Waals surface area (Å²) in [6, 6.07) is 15.4. The van der Waals surface area contributed by atoms with Crippen LogP contribution < -0.4 is 15.4 Å². The molecule has 0 aromatic heterocycles. The lowest BCUT2D eigenvalue weighted by atomic mass is 10.1. The predicted molar refractivity (Wildman–Crippen MR) is 125 cm³/mol. The lowest BCUT2D eigenvalue weighted by Gasteiger charge is -2.26. The Bertz CT molecular complexity index is 958. The standard InChI is InChI=1S/C24H31N5O3/c1-4-25-24(28(2)16-20-7-5-6-8-21(20)32-3)27-15-18-9-11-19(12-10-18)23(31)29-14-13-26-22(30)17-29/h5-12H,4,13-17H2,1-3H3,(H,25,27)(H,26,30). The fraction of sp³-hybridized carbons (Fsp3) is 0.375. The Labute approximate surface area is 189 Å². The second-order valence-electron chi connectivity index (χ2n) is 7.61. The molecule has 0 spiro atoms. The van der Waals surface area contributed by atoms with Gasteiger partial charge in [0.15, 0.2) is 5.96 Å². The van der Waals surface area contributed by atoms with Crippen LogP contribution in [-0.2, 0) is 17.9 Å². The Morgan fingerprint density at radius 1 is 1.22 bits per heavy atom. The number of benzene rings is 2. The Balaban J connectivity index is 1.65. The van der Waals surface area contributed by atoms with Gasteiger partial charge in [-0.3, -0.25) is 9.59 Å². The minimum atomic E-state index is -0.125. The maximum Gasteiger partial charge on any atom is 0.254 e. The largest absolute Gasteiger partial charge is 0.496 e. The number of carbonyl (C=O) groups excluding carboxylic acids is 2. The average Bonchev–Trinajstić information content (AvgIpc) is 2.82. The van der Waals surface area contributed by atoms with E-state index in [1.807, 2.05) is 50.4 Å². The molecule has 2 amide bonds. The maximum absolute atomic E-state index is 12.6.